The standard InChI is InChI=1S/C14H22N2/c1-14(8-4-9-14)16-11-13-6-3-2-5-12(13)7-10-15/h2-3,5-6,16H,4,7-11,15H2,1H3. The van der Waals surface area contributed by atoms with Crippen LogP contribution >= 0.6 is 0 Å². The molecule has 1 saturated carbocycles. The van der Waals surface area contributed by atoms with Crippen LogP contribution in [0.3, 0.4) is 0 Å². The van der Waals surface area contributed by atoms with Gasteiger partial charge in [0.1, 0.15) is 0 Å². The molecule has 0 radical (unpaired) electrons. The summed E-state index contributed by atoms with van der Waals surface area (Å²) in [6, 6.07) is 8.60. The van der Waals surface area contributed by atoms with Crippen molar-refractivity contribution in [3.8, 4) is 0 Å². The van der Waals surface area contributed by atoms with E-state index < -0.39 is 0 Å². The molecule has 0 atom stereocenters. The maximum atomic E-state index is 5.63. The van der Waals surface area contributed by atoms with E-state index in [9.17, 15) is 0 Å². The maximum absolute atomic E-state index is 5.63. The molecule has 0 saturated heterocycles. The lowest BCUT2D eigenvalue weighted by atomic mass is 9.78. The van der Waals surface area contributed by atoms with Gasteiger partial charge < -0.3 is 11.1 Å². The Labute approximate surface area is 98.2 Å². The Balaban J connectivity index is 1.97. The first-order chi connectivity index (χ1) is 7.73. The highest BCUT2D eigenvalue weighted by molar-refractivity contribution is 5.27. The Bertz CT molecular complexity index is 342. The SMILES string of the molecule is CC1(NCc2ccccc2CCN)CCC1. The second-order valence-corrected chi connectivity index (χ2v) is 5.08. The zero-order valence-electron chi connectivity index (χ0n) is 10.1. The molecule has 0 spiro atoms. The van der Waals surface area contributed by atoms with Crippen LogP contribution < -0.4 is 11.1 Å². The minimum absolute atomic E-state index is 0.385. The molecule has 0 amide bonds. The first kappa shape index (κ1) is 11.6. The third kappa shape index (κ3) is 2.63. The molecule has 3 N–H and O–H groups in total. The van der Waals surface area contributed by atoms with Crippen molar-refractivity contribution in [2.24, 2.45) is 5.73 Å². The van der Waals surface area contributed by atoms with Crippen LogP contribution in [0.2, 0.25) is 0 Å². The Morgan fingerprint density at radius 2 is 1.94 bits per heavy atom. The molecule has 0 aliphatic heterocycles. The van der Waals surface area contributed by atoms with E-state index in [0.717, 1.165) is 19.5 Å². The van der Waals surface area contributed by atoms with Crippen LogP contribution in [0.25, 0.3) is 0 Å². The average molecular weight is 218 g/mol. The summed E-state index contributed by atoms with van der Waals surface area (Å²) < 4.78 is 0. The van der Waals surface area contributed by atoms with Crippen molar-refractivity contribution in [2.75, 3.05) is 6.54 Å². The minimum atomic E-state index is 0.385. The van der Waals surface area contributed by atoms with Crippen LogP contribution in [-0.4, -0.2) is 12.1 Å². The zero-order valence-corrected chi connectivity index (χ0v) is 10.1. The molecule has 0 bridgehead atoms. The normalized spacial score (nSPS) is 18.1. The quantitative estimate of drug-likeness (QED) is 0.795. The van der Waals surface area contributed by atoms with Crippen LogP contribution in [-0.2, 0) is 13.0 Å². The van der Waals surface area contributed by atoms with E-state index in [-0.39, 0.29) is 0 Å². The first-order valence-electron chi connectivity index (χ1n) is 6.25. The molecule has 1 aromatic carbocycles. The fourth-order valence-corrected chi connectivity index (χ4v) is 2.32. The molecule has 88 valence electrons. The molecule has 2 nitrogen and oxygen atoms in total. The Kier molecular flexibility index (Phi) is 3.62. The van der Waals surface area contributed by atoms with E-state index >= 15 is 0 Å². The van der Waals surface area contributed by atoms with E-state index in [1.807, 2.05) is 0 Å². The number of nitrogens with one attached hydrogen (secondary N) is 1. The smallest absolute Gasteiger partial charge is 0.0213 e. The molecule has 0 heterocycles. The largest absolute Gasteiger partial charge is 0.330 e. The van der Waals surface area contributed by atoms with Gasteiger partial charge in [-0.25, -0.2) is 0 Å². The van der Waals surface area contributed by atoms with Gasteiger partial charge in [0.05, 0.1) is 0 Å². The first-order valence-corrected chi connectivity index (χ1v) is 6.25. The predicted octanol–water partition coefficient (Wildman–Crippen LogP) is 2.22. The van der Waals surface area contributed by atoms with Crippen molar-refractivity contribution in [3.63, 3.8) is 0 Å². The molecule has 0 aromatic heterocycles. The molecule has 16 heavy (non-hydrogen) atoms. The van der Waals surface area contributed by atoms with Gasteiger partial charge in [-0.15, -0.1) is 0 Å². The fraction of sp³-hybridized carbons (Fsp3) is 0.571. The lowest BCUT2D eigenvalue weighted by Gasteiger charge is -2.39. The number of nitrogens with two attached hydrogens (primary N) is 1. The van der Waals surface area contributed by atoms with Crippen molar-refractivity contribution >= 4 is 0 Å². The van der Waals surface area contributed by atoms with Gasteiger partial charge in [0.2, 0.25) is 0 Å². The number of benzene rings is 1. The highest BCUT2D eigenvalue weighted by atomic mass is 15.0. The van der Waals surface area contributed by atoms with Gasteiger partial charge in [-0.3, -0.25) is 0 Å². The van der Waals surface area contributed by atoms with Crippen LogP contribution in [0, 0.1) is 0 Å². The minimum Gasteiger partial charge on any atom is -0.330 e. The van der Waals surface area contributed by atoms with Gasteiger partial charge in [-0.05, 0) is 50.3 Å². The molecule has 2 rings (SSSR count). The highest BCUT2D eigenvalue weighted by Gasteiger charge is 2.30. The van der Waals surface area contributed by atoms with Gasteiger partial charge in [-0.2, -0.15) is 0 Å². The topological polar surface area (TPSA) is 38.0 Å². The summed E-state index contributed by atoms with van der Waals surface area (Å²) in [6.45, 7) is 4.03. The van der Waals surface area contributed by atoms with Crippen LogP contribution in [0.15, 0.2) is 24.3 Å². The van der Waals surface area contributed by atoms with Crippen LogP contribution in [0.1, 0.15) is 37.3 Å². The third-order valence-corrected chi connectivity index (χ3v) is 3.69. The molecular formula is C14H22N2. The van der Waals surface area contributed by atoms with E-state index in [1.165, 1.54) is 30.4 Å². The Morgan fingerprint density at radius 3 is 2.50 bits per heavy atom. The van der Waals surface area contributed by atoms with Crippen molar-refractivity contribution in [3.05, 3.63) is 35.4 Å². The van der Waals surface area contributed by atoms with Crippen LogP contribution in [0.4, 0.5) is 0 Å². The van der Waals surface area contributed by atoms with E-state index in [4.69, 9.17) is 5.73 Å². The van der Waals surface area contributed by atoms with E-state index in [0.29, 0.717) is 5.54 Å². The van der Waals surface area contributed by atoms with Gasteiger partial charge in [-0.1, -0.05) is 24.3 Å². The summed E-state index contributed by atoms with van der Waals surface area (Å²) in [5.74, 6) is 0. The monoisotopic (exact) mass is 218 g/mol. The van der Waals surface area contributed by atoms with Gasteiger partial charge in [0, 0.05) is 12.1 Å². The molecule has 0 unspecified atom stereocenters. The Hall–Kier alpha value is -0.860. The molecule has 2 heteroatoms. The van der Waals surface area contributed by atoms with Crippen molar-refractivity contribution in [2.45, 2.75) is 44.7 Å². The molecule has 1 aliphatic rings. The Morgan fingerprint density at radius 1 is 1.25 bits per heavy atom. The van der Waals surface area contributed by atoms with Crippen LogP contribution in [0.5, 0.6) is 0 Å². The highest BCUT2D eigenvalue weighted by Crippen LogP contribution is 2.31. The van der Waals surface area contributed by atoms with Crippen molar-refractivity contribution in [1.82, 2.24) is 5.32 Å². The summed E-state index contributed by atoms with van der Waals surface area (Å²) in [7, 11) is 0. The zero-order chi connectivity index (χ0) is 11.4. The summed E-state index contributed by atoms with van der Waals surface area (Å²) in [5.41, 5.74) is 8.81. The lowest BCUT2D eigenvalue weighted by Crippen LogP contribution is -2.47. The molecule has 1 fully saturated rings. The number of hydrogen-bond donors (Lipinski definition) is 2. The average Bonchev–Trinajstić information content (AvgIpc) is 2.26. The molecular weight excluding hydrogens is 196 g/mol. The van der Waals surface area contributed by atoms with E-state index in [1.54, 1.807) is 0 Å². The third-order valence-electron chi connectivity index (χ3n) is 3.69. The van der Waals surface area contributed by atoms with Gasteiger partial charge in [0.25, 0.3) is 0 Å². The second kappa shape index (κ2) is 4.98. The van der Waals surface area contributed by atoms with Gasteiger partial charge >= 0.3 is 0 Å². The number of rotatable bonds is 5. The molecule has 1 aromatic rings. The van der Waals surface area contributed by atoms with Crippen molar-refractivity contribution < 1.29 is 0 Å². The maximum Gasteiger partial charge on any atom is 0.0213 e. The second-order valence-electron chi connectivity index (χ2n) is 5.08. The fourth-order valence-electron chi connectivity index (χ4n) is 2.32. The predicted molar refractivity (Wildman–Crippen MR) is 68.3 cm³/mol. The summed E-state index contributed by atoms with van der Waals surface area (Å²) in [5, 5.41) is 3.67. The van der Waals surface area contributed by atoms with E-state index in [2.05, 4.69) is 36.5 Å². The van der Waals surface area contributed by atoms with Crippen molar-refractivity contribution in [1.29, 1.82) is 0 Å². The number of hydrogen-bond acceptors (Lipinski definition) is 2. The summed E-state index contributed by atoms with van der Waals surface area (Å²) in [4.78, 5) is 0. The lowest BCUT2D eigenvalue weighted by molar-refractivity contribution is 0.206. The summed E-state index contributed by atoms with van der Waals surface area (Å²) in [6.07, 6.45) is 4.97. The summed E-state index contributed by atoms with van der Waals surface area (Å²) >= 11 is 0. The molecule has 1 aliphatic carbocycles. The van der Waals surface area contributed by atoms with Gasteiger partial charge in [0.15, 0.2) is 0 Å².